The van der Waals surface area contributed by atoms with Crippen LogP contribution in [0.1, 0.15) is 174 Å². The third-order valence-corrected chi connectivity index (χ3v) is 9.91. The molecule has 0 aliphatic rings. The molecule has 0 spiro atoms. The molecule has 0 radical (unpaired) electrons. The summed E-state index contributed by atoms with van der Waals surface area (Å²) in [5.41, 5.74) is 0. The molecular formula is C43H81NO8P+. The van der Waals surface area contributed by atoms with Crippen LogP contribution in [-0.4, -0.2) is 74.9 Å². The van der Waals surface area contributed by atoms with Crippen LogP contribution < -0.4 is 0 Å². The molecule has 0 saturated heterocycles. The number of phosphoric acid groups is 1. The Hall–Kier alpha value is -1.77. The number of unbranched alkanes of at least 4 members (excludes halogenated alkanes) is 18. The predicted molar refractivity (Wildman–Crippen MR) is 220 cm³/mol. The molecule has 1 unspecified atom stereocenters. The molecule has 310 valence electrons. The highest BCUT2D eigenvalue weighted by atomic mass is 31.2. The number of hydrogen-bond donors (Lipinski definition) is 1. The number of allylic oxidation sites excluding steroid dienone is 6. The van der Waals surface area contributed by atoms with Crippen LogP contribution >= 0.6 is 7.82 Å². The number of likely N-dealkylation sites (N-methyl/N-ethyl adjacent to an activating group) is 1. The number of hydrogen-bond acceptors (Lipinski definition) is 7. The van der Waals surface area contributed by atoms with Crippen LogP contribution in [-0.2, 0) is 32.7 Å². The Morgan fingerprint density at radius 1 is 0.585 bits per heavy atom. The SMILES string of the molecule is CCCCC/C=C/C/C=C/C/C=C/CCCCC(=O)O[C@H](COC(=O)CCCCCCCCCCCCCCCC)COP(=O)(O)OCC[N+](C)(C)C. The zero-order valence-electron chi connectivity index (χ0n) is 34.7. The van der Waals surface area contributed by atoms with Crippen molar-refractivity contribution in [3.63, 3.8) is 0 Å². The lowest BCUT2D eigenvalue weighted by molar-refractivity contribution is -0.870. The molecule has 10 heteroatoms. The molecule has 0 bridgehead atoms. The smallest absolute Gasteiger partial charge is 0.462 e. The van der Waals surface area contributed by atoms with Gasteiger partial charge in [-0.05, 0) is 51.4 Å². The molecule has 0 fully saturated rings. The van der Waals surface area contributed by atoms with Gasteiger partial charge in [0, 0.05) is 12.8 Å². The summed E-state index contributed by atoms with van der Waals surface area (Å²) in [6.45, 7) is 4.35. The highest BCUT2D eigenvalue weighted by Crippen LogP contribution is 2.43. The Morgan fingerprint density at radius 2 is 1.02 bits per heavy atom. The van der Waals surface area contributed by atoms with Crippen LogP contribution in [0.15, 0.2) is 36.5 Å². The van der Waals surface area contributed by atoms with Crippen molar-refractivity contribution in [1.29, 1.82) is 0 Å². The molecule has 0 heterocycles. The topological polar surface area (TPSA) is 108 Å². The van der Waals surface area contributed by atoms with Crippen molar-refractivity contribution in [1.82, 2.24) is 0 Å². The highest BCUT2D eigenvalue weighted by Gasteiger charge is 2.27. The number of rotatable bonds is 38. The lowest BCUT2D eigenvalue weighted by Crippen LogP contribution is -2.37. The van der Waals surface area contributed by atoms with Crippen molar-refractivity contribution in [3.05, 3.63) is 36.5 Å². The number of nitrogens with zero attached hydrogens (tertiary/aromatic N) is 1. The van der Waals surface area contributed by atoms with E-state index >= 15 is 0 Å². The molecule has 0 aromatic carbocycles. The van der Waals surface area contributed by atoms with E-state index in [0.717, 1.165) is 51.4 Å². The maximum atomic E-state index is 12.6. The molecule has 0 aliphatic heterocycles. The van der Waals surface area contributed by atoms with E-state index in [1.54, 1.807) is 0 Å². The van der Waals surface area contributed by atoms with E-state index in [-0.39, 0.29) is 32.0 Å². The van der Waals surface area contributed by atoms with E-state index in [4.69, 9.17) is 18.5 Å². The van der Waals surface area contributed by atoms with E-state index in [9.17, 15) is 19.0 Å². The minimum absolute atomic E-state index is 0.0250. The van der Waals surface area contributed by atoms with Gasteiger partial charge in [0.25, 0.3) is 0 Å². The van der Waals surface area contributed by atoms with Crippen LogP contribution in [0.2, 0.25) is 0 Å². The first kappa shape index (κ1) is 51.2. The normalized spacial score (nSPS) is 14.0. The Bertz CT molecular complexity index is 1010. The van der Waals surface area contributed by atoms with Crippen molar-refractivity contribution in [2.45, 2.75) is 180 Å². The molecule has 0 aromatic heterocycles. The maximum absolute atomic E-state index is 12.6. The predicted octanol–water partition coefficient (Wildman–Crippen LogP) is 11.7. The Labute approximate surface area is 325 Å². The average Bonchev–Trinajstić information content (AvgIpc) is 3.10. The van der Waals surface area contributed by atoms with Crippen LogP contribution in [0.25, 0.3) is 0 Å². The summed E-state index contributed by atoms with van der Waals surface area (Å²) in [5, 5.41) is 0. The van der Waals surface area contributed by atoms with Gasteiger partial charge in [0.15, 0.2) is 6.10 Å². The van der Waals surface area contributed by atoms with Gasteiger partial charge in [-0.1, -0.05) is 147 Å². The summed E-state index contributed by atoms with van der Waals surface area (Å²) in [6.07, 6.45) is 39.0. The number of esters is 2. The fourth-order valence-corrected chi connectivity index (χ4v) is 6.29. The minimum atomic E-state index is -4.38. The first-order valence-electron chi connectivity index (χ1n) is 21.2. The first-order valence-corrected chi connectivity index (χ1v) is 22.7. The zero-order chi connectivity index (χ0) is 39.3. The second-order valence-electron chi connectivity index (χ2n) is 15.4. The third kappa shape index (κ3) is 39.7. The molecule has 1 N–H and O–H groups in total. The molecule has 0 aliphatic carbocycles. The van der Waals surface area contributed by atoms with Gasteiger partial charge in [0.05, 0.1) is 27.7 Å². The monoisotopic (exact) mass is 771 g/mol. The van der Waals surface area contributed by atoms with Gasteiger partial charge in [-0.25, -0.2) is 4.57 Å². The molecule has 0 amide bonds. The minimum Gasteiger partial charge on any atom is -0.462 e. The highest BCUT2D eigenvalue weighted by molar-refractivity contribution is 7.47. The maximum Gasteiger partial charge on any atom is 0.472 e. The van der Waals surface area contributed by atoms with E-state index in [1.165, 1.54) is 89.9 Å². The van der Waals surface area contributed by atoms with E-state index in [1.807, 2.05) is 21.1 Å². The van der Waals surface area contributed by atoms with Gasteiger partial charge < -0.3 is 18.9 Å². The summed E-state index contributed by atoms with van der Waals surface area (Å²) >= 11 is 0. The number of carbonyl (C=O) groups is 2. The van der Waals surface area contributed by atoms with Gasteiger partial charge in [0.2, 0.25) is 0 Å². The van der Waals surface area contributed by atoms with Crippen LogP contribution in [0.5, 0.6) is 0 Å². The van der Waals surface area contributed by atoms with Gasteiger partial charge >= 0.3 is 19.8 Å². The summed E-state index contributed by atoms with van der Waals surface area (Å²) < 4.78 is 34.2. The van der Waals surface area contributed by atoms with Crippen molar-refractivity contribution >= 4 is 19.8 Å². The second-order valence-corrected chi connectivity index (χ2v) is 16.8. The number of carbonyl (C=O) groups excluding carboxylic acids is 2. The van der Waals surface area contributed by atoms with Crippen molar-refractivity contribution < 1.29 is 42.1 Å². The fourth-order valence-electron chi connectivity index (χ4n) is 5.55. The third-order valence-electron chi connectivity index (χ3n) is 8.92. The van der Waals surface area contributed by atoms with Crippen LogP contribution in [0, 0.1) is 0 Å². The van der Waals surface area contributed by atoms with E-state index in [2.05, 4.69) is 50.3 Å². The lowest BCUT2D eigenvalue weighted by atomic mass is 10.0. The van der Waals surface area contributed by atoms with E-state index < -0.39 is 26.5 Å². The molecule has 0 saturated carbocycles. The molecular weight excluding hydrogens is 689 g/mol. The standard InChI is InChI=1S/C43H80NO8P/c1-6-8-10-12-14-16-18-20-22-24-26-28-30-32-34-36-43(46)52-41(40-51-53(47,48)50-38-37-44(3,4)5)39-49-42(45)35-33-31-29-27-25-23-21-19-17-15-13-11-9-7-2/h14,16,20,22,26,28,41H,6-13,15,17-19,21,23-25,27,29-40H2,1-5H3/p+1/b16-14+,22-20+,28-26+/t41-/m1/s1. The number of ether oxygens (including phenoxy) is 2. The van der Waals surface area contributed by atoms with Crippen molar-refractivity contribution in [2.24, 2.45) is 0 Å². The molecule has 0 aromatic rings. The first-order chi connectivity index (χ1) is 25.5. The summed E-state index contributed by atoms with van der Waals surface area (Å²) in [4.78, 5) is 35.3. The Morgan fingerprint density at radius 3 is 1.55 bits per heavy atom. The Kier molecular flexibility index (Phi) is 34.7. The zero-order valence-corrected chi connectivity index (χ0v) is 35.6. The van der Waals surface area contributed by atoms with Gasteiger partial charge in [-0.15, -0.1) is 0 Å². The summed E-state index contributed by atoms with van der Waals surface area (Å²) in [5.74, 6) is -0.841. The molecule has 2 atom stereocenters. The van der Waals surface area contributed by atoms with Crippen molar-refractivity contribution in [3.8, 4) is 0 Å². The quantitative estimate of drug-likeness (QED) is 0.0217. The van der Waals surface area contributed by atoms with Gasteiger partial charge in [0.1, 0.15) is 19.8 Å². The average molecular weight is 771 g/mol. The number of phosphoric ester groups is 1. The van der Waals surface area contributed by atoms with Gasteiger partial charge in [-0.2, -0.15) is 0 Å². The second kappa shape index (κ2) is 35.9. The van der Waals surface area contributed by atoms with Crippen LogP contribution in [0.3, 0.4) is 0 Å². The fraction of sp³-hybridized carbons (Fsp3) is 0.814. The van der Waals surface area contributed by atoms with Crippen LogP contribution in [0.4, 0.5) is 0 Å². The number of quaternary nitrogens is 1. The van der Waals surface area contributed by atoms with Crippen molar-refractivity contribution in [2.75, 3.05) is 47.5 Å². The largest absolute Gasteiger partial charge is 0.472 e. The van der Waals surface area contributed by atoms with Gasteiger partial charge in [-0.3, -0.25) is 18.6 Å². The lowest BCUT2D eigenvalue weighted by Gasteiger charge is -2.24. The molecule has 0 rings (SSSR count). The summed E-state index contributed by atoms with van der Waals surface area (Å²) in [6, 6.07) is 0. The molecule has 9 nitrogen and oxygen atoms in total. The molecule has 53 heavy (non-hydrogen) atoms. The Balaban J connectivity index is 4.45. The summed E-state index contributed by atoms with van der Waals surface area (Å²) in [7, 11) is 1.45. The van der Waals surface area contributed by atoms with E-state index in [0.29, 0.717) is 17.4 Å².